The van der Waals surface area contributed by atoms with E-state index in [1.807, 2.05) is 6.92 Å². The Bertz CT molecular complexity index is 698. The molecule has 0 aliphatic heterocycles. The van der Waals surface area contributed by atoms with Crippen molar-refractivity contribution in [3.63, 3.8) is 0 Å². The third-order valence-corrected chi connectivity index (χ3v) is 5.33. The van der Waals surface area contributed by atoms with Crippen molar-refractivity contribution in [2.45, 2.75) is 18.4 Å². The second-order valence-corrected chi connectivity index (χ2v) is 7.67. The molecule has 0 saturated carbocycles. The van der Waals surface area contributed by atoms with E-state index in [-0.39, 0.29) is 16.5 Å². The molecule has 0 bridgehead atoms. The lowest BCUT2D eigenvalue weighted by molar-refractivity contribution is 0.581. The van der Waals surface area contributed by atoms with Gasteiger partial charge in [0.1, 0.15) is 5.01 Å². The Balaban J connectivity index is 2.16. The minimum Gasteiger partial charge on any atom is -0.248 e. The molecule has 2 rings (SSSR count). The summed E-state index contributed by atoms with van der Waals surface area (Å²) in [6.07, 6.45) is 1.70. The number of halogens is 2. The maximum absolute atomic E-state index is 12.0. The number of rotatable bonds is 4. The van der Waals surface area contributed by atoms with Crippen LogP contribution in [0.15, 0.2) is 29.3 Å². The summed E-state index contributed by atoms with van der Waals surface area (Å²) in [6.45, 7) is 2.07. The van der Waals surface area contributed by atoms with Crippen molar-refractivity contribution in [3.8, 4) is 0 Å². The van der Waals surface area contributed by atoms with Crippen LogP contribution in [0.25, 0.3) is 0 Å². The predicted molar refractivity (Wildman–Crippen MR) is 77.3 cm³/mol. The van der Waals surface area contributed by atoms with E-state index in [9.17, 15) is 8.42 Å². The Hall–Kier alpha value is -0.660. The molecular weight excluding hydrogens is 327 g/mol. The zero-order valence-corrected chi connectivity index (χ0v) is 13.0. The molecule has 0 fully saturated rings. The summed E-state index contributed by atoms with van der Waals surface area (Å²) in [4.78, 5) is 5.20. The highest BCUT2D eigenvalue weighted by molar-refractivity contribution is 7.89. The average Bonchev–Trinajstić information content (AvgIpc) is 2.76. The second kappa shape index (κ2) is 5.76. The molecule has 0 aliphatic rings. The molecule has 0 radical (unpaired) electrons. The fraction of sp³-hybridized carbons (Fsp3) is 0.182. The first-order chi connectivity index (χ1) is 8.88. The van der Waals surface area contributed by atoms with E-state index in [1.54, 1.807) is 6.20 Å². The molecule has 0 aliphatic carbocycles. The fourth-order valence-electron chi connectivity index (χ4n) is 1.37. The molecule has 19 heavy (non-hydrogen) atoms. The highest BCUT2D eigenvalue weighted by Crippen LogP contribution is 2.24. The molecule has 1 aromatic carbocycles. The second-order valence-electron chi connectivity index (χ2n) is 3.77. The Morgan fingerprint density at radius 3 is 2.63 bits per heavy atom. The highest BCUT2D eigenvalue weighted by Gasteiger charge is 2.15. The van der Waals surface area contributed by atoms with E-state index >= 15 is 0 Å². The third-order valence-electron chi connectivity index (χ3n) is 2.28. The van der Waals surface area contributed by atoms with Crippen LogP contribution in [-0.4, -0.2) is 13.4 Å². The Labute approximate surface area is 125 Å². The zero-order chi connectivity index (χ0) is 14.0. The van der Waals surface area contributed by atoms with Crippen LogP contribution < -0.4 is 4.72 Å². The van der Waals surface area contributed by atoms with Crippen LogP contribution in [0, 0.1) is 6.92 Å². The molecule has 0 saturated heterocycles. The van der Waals surface area contributed by atoms with Gasteiger partial charge in [-0.1, -0.05) is 23.2 Å². The van der Waals surface area contributed by atoms with Gasteiger partial charge < -0.3 is 0 Å². The lowest BCUT2D eigenvalue weighted by atomic mass is 10.4. The summed E-state index contributed by atoms with van der Waals surface area (Å²) in [5.74, 6) is 0. The average molecular weight is 337 g/mol. The summed E-state index contributed by atoms with van der Waals surface area (Å²) in [5, 5.41) is 1.23. The summed E-state index contributed by atoms with van der Waals surface area (Å²) in [6, 6.07) is 4.18. The number of thiazole rings is 1. The number of hydrogen-bond donors (Lipinski definition) is 1. The number of hydrogen-bond acceptors (Lipinski definition) is 4. The standard InChI is InChI=1S/C11H10Cl2N2O2S2/c1-7-5-14-11(18-7)6-15-19(16,17)8-2-3-9(12)10(13)4-8/h2-5,15H,6H2,1H3. The van der Waals surface area contributed by atoms with Crippen LogP contribution in [0.2, 0.25) is 10.0 Å². The first kappa shape index (κ1) is 14.7. The largest absolute Gasteiger partial charge is 0.248 e. The summed E-state index contributed by atoms with van der Waals surface area (Å²) in [5.41, 5.74) is 0. The summed E-state index contributed by atoms with van der Waals surface area (Å²) >= 11 is 13.0. The van der Waals surface area contributed by atoms with Crippen LogP contribution in [-0.2, 0) is 16.6 Å². The van der Waals surface area contributed by atoms with E-state index in [0.717, 1.165) is 4.88 Å². The molecule has 102 valence electrons. The van der Waals surface area contributed by atoms with Gasteiger partial charge in [-0.15, -0.1) is 11.3 Å². The Morgan fingerprint density at radius 2 is 2.05 bits per heavy atom. The quantitative estimate of drug-likeness (QED) is 0.932. The summed E-state index contributed by atoms with van der Waals surface area (Å²) in [7, 11) is -3.61. The van der Waals surface area contributed by atoms with Gasteiger partial charge in [-0.25, -0.2) is 18.1 Å². The maximum Gasteiger partial charge on any atom is 0.241 e. The van der Waals surface area contributed by atoms with Crippen molar-refractivity contribution in [3.05, 3.63) is 44.3 Å². The molecule has 4 nitrogen and oxygen atoms in total. The normalized spacial score (nSPS) is 11.7. The van der Waals surface area contributed by atoms with E-state index in [0.29, 0.717) is 10.0 Å². The van der Waals surface area contributed by atoms with Gasteiger partial charge in [0.2, 0.25) is 10.0 Å². The molecule has 1 heterocycles. The minimum absolute atomic E-state index is 0.0789. The van der Waals surface area contributed by atoms with Crippen molar-refractivity contribution in [2.24, 2.45) is 0 Å². The van der Waals surface area contributed by atoms with Crippen molar-refractivity contribution in [1.29, 1.82) is 0 Å². The lowest BCUT2D eigenvalue weighted by Gasteiger charge is -2.06. The smallest absolute Gasteiger partial charge is 0.241 e. The van der Waals surface area contributed by atoms with Gasteiger partial charge in [-0.05, 0) is 25.1 Å². The maximum atomic E-state index is 12.0. The third kappa shape index (κ3) is 3.67. The summed E-state index contributed by atoms with van der Waals surface area (Å²) < 4.78 is 26.5. The molecule has 0 amide bonds. The van der Waals surface area contributed by atoms with E-state index < -0.39 is 10.0 Å². The van der Waals surface area contributed by atoms with Crippen molar-refractivity contribution in [2.75, 3.05) is 0 Å². The van der Waals surface area contributed by atoms with Crippen molar-refractivity contribution >= 4 is 44.6 Å². The Morgan fingerprint density at radius 1 is 1.32 bits per heavy atom. The van der Waals surface area contributed by atoms with Gasteiger partial charge in [-0.3, -0.25) is 0 Å². The molecule has 0 atom stereocenters. The van der Waals surface area contributed by atoms with E-state index in [2.05, 4.69) is 9.71 Å². The SMILES string of the molecule is Cc1cnc(CNS(=O)(=O)c2ccc(Cl)c(Cl)c2)s1. The molecule has 2 aromatic rings. The van der Waals surface area contributed by atoms with E-state index in [4.69, 9.17) is 23.2 Å². The van der Waals surface area contributed by atoms with Crippen molar-refractivity contribution < 1.29 is 8.42 Å². The van der Waals surface area contributed by atoms with Gasteiger partial charge in [0.25, 0.3) is 0 Å². The first-order valence-electron chi connectivity index (χ1n) is 5.24. The van der Waals surface area contributed by atoms with Crippen LogP contribution in [0.3, 0.4) is 0 Å². The van der Waals surface area contributed by atoms with Crippen LogP contribution in [0.4, 0.5) is 0 Å². The van der Waals surface area contributed by atoms with Gasteiger partial charge in [-0.2, -0.15) is 0 Å². The number of nitrogens with one attached hydrogen (secondary N) is 1. The molecular formula is C11H10Cl2N2O2S2. The molecule has 0 unspecified atom stereocenters. The predicted octanol–water partition coefficient (Wildman–Crippen LogP) is 3.24. The van der Waals surface area contributed by atoms with Crippen molar-refractivity contribution in [1.82, 2.24) is 9.71 Å². The van der Waals surface area contributed by atoms with E-state index in [1.165, 1.54) is 29.5 Å². The molecule has 8 heteroatoms. The topological polar surface area (TPSA) is 59.1 Å². The van der Waals surface area contributed by atoms with Gasteiger partial charge in [0.05, 0.1) is 21.5 Å². The number of aryl methyl sites for hydroxylation is 1. The number of benzene rings is 1. The number of nitrogens with zero attached hydrogens (tertiary/aromatic N) is 1. The van der Waals surface area contributed by atoms with Crippen LogP contribution in [0.1, 0.15) is 9.88 Å². The first-order valence-corrected chi connectivity index (χ1v) is 8.30. The van der Waals surface area contributed by atoms with Crippen LogP contribution in [0.5, 0.6) is 0 Å². The number of sulfonamides is 1. The van der Waals surface area contributed by atoms with Gasteiger partial charge in [0, 0.05) is 11.1 Å². The van der Waals surface area contributed by atoms with Gasteiger partial charge in [0.15, 0.2) is 0 Å². The van der Waals surface area contributed by atoms with Crippen LogP contribution >= 0.6 is 34.5 Å². The Kier molecular flexibility index (Phi) is 4.47. The number of aromatic nitrogens is 1. The van der Waals surface area contributed by atoms with Gasteiger partial charge >= 0.3 is 0 Å². The zero-order valence-electron chi connectivity index (χ0n) is 9.85. The highest BCUT2D eigenvalue weighted by atomic mass is 35.5. The molecule has 0 spiro atoms. The monoisotopic (exact) mass is 336 g/mol. The molecule has 1 aromatic heterocycles. The lowest BCUT2D eigenvalue weighted by Crippen LogP contribution is -2.23. The minimum atomic E-state index is -3.61. The fourth-order valence-corrected chi connectivity index (χ4v) is 3.56. The molecule has 1 N–H and O–H groups in total.